The van der Waals surface area contributed by atoms with Crippen molar-refractivity contribution in [1.29, 1.82) is 10.5 Å². The van der Waals surface area contributed by atoms with Crippen molar-refractivity contribution < 1.29 is 24.2 Å². The summed E-state index contributed by atoms with van der Waals surface area (Å²) in [5.41, 5.74) is 5.28. The van der Waals surface area contributed by atoms with Crippen molar-refractivity contribution in [3.05, 3.63) is 94.9 Å². The van der Waals surface area contributed by atoms with Crippen LogP contribution in [0.5, 0.6) is 11.5 Å². The number of phenolic OH excluding ortho intramolecular Hbond substituents is 1. The fourth-order valence-corrected chi connectivity index (χ4v) is 5.40. The summed E-state index contributed by atoms with van der Waals surface area (Å²) in [6.07, 6.45) is 3.21. The molecular weight excluding hydrogens is 587 g/mol. The zero-order valence-corrected chi connectivity index (χ0v) is 24.8. The van der Waals surface area contributed by atoms with Crippen LogP contribution in [0.1, 0.15) is 35.1 Å². The maximum atomic E-state index is 14.8. The minimum Gasteiger partial charge on any atom is -0.504 e. The van der Waals surface area contributed by atoms with Crippen molar-refractivity contribution in [1.82, 2.24) is 15.8 Å². The minimum absolute atomic E-state index is 0.0918. The first kappa shape index (κ1) is 31.5. The summed E-state index contributed by atoms with van der Waals surface area (Å²) in [5, 5.41) is 42.3. The van der Waals surface area contributed by atoms with E-state index in [2.05, 4.69) is 23.2 Å². The van der Waals surface area contributed by atoms with Crippen LogP contribution in [0.4, 0.5) is 10.2 Å². The highest BCUT2D eigenvalue weighted by atomic mass is 19.1. The number of hydroxylamine groups is 1. The molecule has 2 heterocycles. The Balaban J connectivity index is 1.37. The quantitative estimate of drug-likeness (QED) is 0.132. The number of aromatic hydroxyl groups is 1. The molecule has 1 amide bonds. The maximum Gasteiger partial charge on any atom is 0.319 e. The third kappa shape index (κ3) is 6.90. The van der Waals surface area contributed by atoms with Crippen molar-refractivity contribution in [2.45, 2.75) is 25.4 Å². The lowest BCUT2D eigenvalue weighted by atomic mass is 9.91. The van der Waals surface area contributed by atoms with E-state index in [1.165, 1.54) is 30.8 Å². The number of nitrogens with zero attached hydrogens (tertiary/aromatic N) is 4. The number of ether oxygens (including phenoxy) is 1. The molecule has 0 atom stereocenters. The number of methoxy groups -OCH3 is 1. The van der Waals surface area contributed by atoms with E-state index in [9.17, 15) is 24.8 Å². The lowest BCUT2D eigenvalue weighted by Crippen LogP contribution is -2.42. The number of carbonyl (C=O) groups is 1. The summed E-state index contributed by atoms with van der Waals surface area (Å²) >= 11 is 0. The van der Waals surface area contributed by atoms with Crippen LogP contribution in [0.3, 0.4) is 0 Å². The van der Waals surface area contributed by atoms with E-state index in [-0.39, 0.29) is 28.7 Å². The Morgan fingerprint density at radius 1 is 1.07 bits per heavy atom. The number of halogens is 1. The lowest BCUT2D eigenvalue weighted by Gasteiger charge is -2.34. The molecule has 0 bridgehead atoms. The van der Waals surface area contributed by atoms with Gasteiger partial charge in [-0.3, -0.25) is 10.0 Å². The molecule has 0 spiro atoms. The fraction of sp³-hybridized carbons (Fsp3) is 0.200. The first-order chi connectivity index (χ1) is 22.3. The molecule has 1 aliphatic heterocycles. The van der Waals surface area contributed by atoms with E-state index in [4.69, 9.17) is 14.9 Å². The van der Waals surface area contributed by atoms with E-state index < -0.39 is 11.7 Å². The van der Waals surface area contributed by atoms with Crippen molar-refractivity contribution in [3.8, 4) is 57.7 Å². The van der Waals surface area contributed by atoms with Gasteiger partial charge in [0.2, 0.25) is 0 Å². The van der Waals surface area contributed by atoms with E-state index in [0.29, 0.717) is 53.3 Å². The SMILES string of the molecule is COc1ccc(-c2cnc(N3CCC(NCc4ccc(C#CC(=O)NO)cc4)CC3)c(C#N)c2-c2ccc(C#N)c(F)c2)cc1O. The molecule has 0 unspecified atom stereocenters. The van der Waals surface area contributed by atoms with Gasteiger partial charge in [0.25, 0.3) is 0 Å². The van der Waals surface area contributed by atoms with Crippen LogP contribution in [0.2, 0.25) is 0 Å². The van der Waals surface area contributed by atoms with Crippen LogP contribution in [0.25, 0.3) is 22.3 Å². The predicted octanol–water partition coefficient (Wildman–Crippen LogP) is 4.63. The van der Waals surface area contributed by atoms with E-state index >= 15 is 0 Å². The molecule has 1 aromatic heterocycles. The number of aromatic nitrogens is 1. The summed E-state index contributed by atoms with van der Waals surface area (Å²) in [6, 6.07) is 20.9. The average Bonchev–Trinajstić information content (AvgIpc) is 3.09. The molecule has 5 rings (SSSR count). The third-order valence-corrected chi connectivity index (χ3v) is 7.80. The van der Waals surface area contributed by atoms with Gasteiger partial charge in [0, 0.05) is 54.5 Å². The molecular formula is C35H29FN6O4. The topological polar surface area (TPSA) is 155 Å². The van der Waals surface area contributed by atoms with Gasteiger partial charge in [0.05, 0.1) is 12.7 Å². The highest BCUT2D eigenvalue weighted by Crippen LogP contribution is 2.41. The van der Waals surface area contributed by atoms with Gasteiger partial charge in [-0.2, -0.15) is 10.5 Å². The minimum atomic E-state index is -0.776. The monoisotopic (exact) mass is 616 g/mol. The summed E-state index contributed by atoms with van der Waals surface area (Å²) in [4.78, 5) is 17.8. The second-order valence-corrected chi connectivity index (χ2v) is 10.6. The number of hydrogen-bond acceptors (Lipinski definition) is 9. The molecule has 0 aliphatic carbocycles. The Labute approximate surface area is 265 Å². The molecule has 11 heteroatoms. The number of phenols is 1. The first-order valence-corrected chi connectivity index (χ1v) is 14.4. The molecule has 4 N–H and O–H groups in total. The summed E-state index contributed by atoms with van der Waals surface area (Å²) in [7, 11) is 1.45. The normalized spacial score (nSPS) is 12.8. The molecule has 230 valence electrons. The predicted molar refractivity (Wildman–Crippen MR) is 168 cm³/mol. The van der Waals surface area contributed by atoms with Crippen LogP contribution in [0, 0.1) is 40.3 Å². The summed E-state index contributed by atoms with van der Waals surface area (Å²) in [6.45, 7) is 1.89. The van der Waals surface area contributed by atoms with Crippen LogP contribution < -0.4 is 20.4 Å². The number of rotatable bonds is 7. The third-order valence-electron chi connectivity index (χ3n) is 7.80. The lowest BCUT2D eigenvalue weighted by molar-refractivity contribution is -0.123. The number of nitriles is 2. The maximum absolute atomic E-state index is 14.8. The molecule has 1 saturated heterocycles. The van der Waals surface area contributed by atoms with Gasteiger partial charge in [-0.05, 0) is 65.9 Å². The Kier molecular flexibility index (Phi) is 9.75. The van der Waals surface area contributed by atoms with Gasteiger partial charge < -0.3 is 20.1 Å². The number of amides is 1. The van der Waals surface area contributed by atoms with Gasteiger partial charge in [-0.25, -0.2) is 14.9 Å². The van der Waals surface area contributed by atoms with Crippen LogP contribution in [0.15, 0.2) is 66.9 Å². The number of hydrogen-bond donors (Lipinski definition) is 4. The van der Waals surface area contributed by atoms with E-state index in [0.717, 1.165) is 18.4 Å². The largest absolute Gasteiger partial charge is 0.504 e. The molecule has 1 fully saturated rings. The standard InChI is InChI=1S/C35H29FN6O4/c1-46-32-10-9-24(17-31(32)43)29-21-40-35(28(19-38)34(29)25-7-8-26(18-37)30(36)16-25)42-14-12-27(13-15-42)39-20-23-4-2-22(3-5-23)6-11-33(44)41-45/h2-5,7-10,16-17,21,27,39,43,45H,12-15,20H2,1H3,(H,41,44). The van der Waals surface area contributed by atoms with Crippen LogP contribution in [-0.2, 0) is 11.3 Å². The molecule has 10 nitrogen and oxygen atoms in total. The summed E-state index contributed by atoms with van der Waals surface area (Å²) in [5.74, 6) is 4.15. The van der Waals surface area contributed by atoms with Crippen molar-refractivity contribution >= 4 is 11.7 Å². The second kappa shape index (κ2) is 14.2. The van der Waals surface area contributed by atoms with Crippen molar-refractivity contribution in [2.24, 2.45) is 0 Å². The Morgan fingerprint density at radius 2 is 1.80 bits per heavy atom. The van der Waals surface area contributed by atoms with Crippen LogP contribution >= 0.6 is 0 Å². The average molecular weight is 617 g/mol. The zero-order valence-electron chi connectivity index (χ0n) is 24.8. The van der Waals surface area contributed by atoms with E-state index in [1.54, 1.807) is 36.5 Å². The van der Waals surface area contributed by atoms with Crippen LogP contribution in [-0.4, -0.2) is 47.4 Å². The van der Waals surface area contributed by atoms with Gasteiger partial charge in [-0.1, -0.05) is 30.2 Å². The number of piperidine rings is 1. The number of anilines is 1. The molecule has 1 aliphatic rings. The van der Waals surface area contributed by atoms with Gasteiger partial charge in [0.15, 0.2) is 11.5 Å². The zero-order chi connectivity index (χ0) is 32.6. The van der Waals surface area contributed by atoms with Crippen molar-refractivity contribution in [3.63, 3.8) is 0 Å². The molecule has 4 aromatic rings. The Morgan fingerprint density at radius 3 is 2.43 bits per heavy atom. The number of benzene rings is 3. The highest BCUT2D eigenvalue weighted by molar-refractivity contribution is 5.93. The highest BCUT2D eigenvalue weighted by Gasteiger charge is 2.26. The number of nitrogens with one attached hydrogen (secondary N) is 2. The summed E-state index contributed by atoms with van der Waals surface area (Å²) < 4.78 is 20.0. The molecule has 3 aromatic carbocycles. The number of carbonyl (C=O) groups excluding carboxylic acids is 1. The van der Waals surface area contributed by atoms with Crippen molar-refractivity contribution in [2.75, 3.05) is 25.1 Å². The Bertz CT molecular complexity index is 1910. The van der Waals surface area contributed by atoms with E-state index in [1.807, 2.05) is 23.1 Å². The number of pyridine rings is 1. The molecule has 0 saturated carbocycles. The van der Waals surface area contributed by atoms with Gasteiger partial charge >= 0.3 is 5.91 Å². The molecule has 46 heavy (non-hydrogen) atoms. The second-order valence-electron chi connectivity index (χ2n) is 10.6. The Hall–Kier alpha value is -5.93. The van der Waals surface area contributed by atoms with Gasteiger partial charge in [-0.15, -0.1) is 0 Å². The first-order valence-electron chi connectivity index (χ1n) is 14.4. The smallest absolute Gasteiger partial charge is 0.319 e. The fourth-order valence-electron chi connectivity index (χ4n) is 5.40. The van der Waals surface area contributed by atoms with Gasteiger partial charge in [0.1, 0.15) is 29.3 Å². The molecule has 0 radical (unpaired) electrons.